The van der Waals surface area contributed by atoms with Crippen molar-refractivity contribution in [3.05, 3.63) is 64.7 Å². The Balaban J connectivity index is 1.53. The highest BCUT2D eigenvalue weighted by Gasteiger charge is 2.24. The van der Waals surface area contributed by atoms with E-state index in [-0.39, 0.29) is 0 Å². The fourth-order valence-corrected chi connectivity index (χ4v) is 3.91. The lowest BCUT2D eigenvalue weighted by Crippen LogP contribution is -2.21. The van der Waals surface area contributed by atoms with Crippen molar-refractivity contribution in [3.63, 3.8) is 0 Å². The van der Waals surface area contributed by atoms with Crippen molar-refractivity contribution >= 4 is 29.1 Å². The molecule has 0 spiro atoms. The van der Waals surface area contributed by atoms with Crippen LogP contribution in [0.15, 0.2) is 53.7 Å². The fourth-order valence-electron chi connectivity index (χ4n) is 3.72. The monoisotopic (exact) mass is 386 g/mol. The van der Waals surface area contributed by atoms with Crippen molar-refractivity contribution in [1.82, 2.24) is 0 Å². The van der Waals surface area contributed by atoms with Gasteiger partial charge in [-0.15, -0.1) is 0 Å². The summed E-state index contributed by atoms with van der Waals surface area (Å²) in [6, 6.07) is 14.5. The number of oxime groups is 1. The van der Waals surface area contributed by atoms with E-state index in [1.165, 1.54) is 5.56 Å². The normalized spacial score (nSPS) is 20.3. The second kappa shape index (κ2) is 8.91. The summed E-state index contributed by atoms with van der Waals surface area (Å²) in [5.41, 5.74) is 2.33. The van der Waals surface area contributed by atoms with Crippen LogP contribution < -0.4 is 5.32 Å². The number of carboxylic acids is 1. The Bertz CT molecular complexity index is 812. The number of nitrogens with zero attached hydrogens (tertiary/aromatic N) is 1. The zero-order valence-corrected chi connectivity index (χ0v) is 15.7. The van der Waals surface area contributed by atoms with E-state index in [2.05, 4.69) is 10.5 Å². The number of carbonyl (C=O) groups is 1. The maximum Gasteiger partial charge on any atom is 0.335 e. The molecule has 1 aliphatic rings. The molecule has 0 atom stereocenters. The number of carboxylic acid groups (broad SMARTS) is 1. The number of aromatic carboxylic acids is 1. The van der Waals surface area contributed by atoms with E-state index in [4.69, 9.17) is 16.7 Å². The minimum atomic E-state index is -0.895. The first-order valence-corrected chi connectivity index (χ1v) is 9.49. The van der Waals surface area contributed by atoms with Crippen molar-refractivity contribution in [2.45, 2.75) is 38.0 Å². The van der Waals surface area contributed by atoms with E-state index >= 15 is 0 Å². The molecule has 1 fully saturated rings. The van der Waals surface area contributed by atoms with Gasteiger partial charge in [-0.2, -0.15) is 0 Å². The Hall–Kier alpha value is -2.53. The van der Waals surface area contributed by atoms with Gasteiger partial charge in [0, 0.05) is 17.1 Å². The molecule has 0 radical (unpaired) electrons. The highest BCUT2D eigenvalue weighted by atomic mass is 35.5. The number of anilines is 1. The van der Waals surface area contributed by atoms with Gasteiger partial charge in [0.2, 0.25) is 0 Å². The molecule has 142 valence electrons. The van der Waals surface area contributed by atoms with Crippen molar-refractivity contribution in [3.8, 4) is 0 Å². The second-order valence-electron chi connectivity index (χ2n) is 7.03. The number of amidine groups is 1. The molecule has 6 heteroatoms. The molecule has 0 unspecified atom stereocenters. The molecule has 3 N–H and O–H groups in total. The van der Waals surface area contributed by atoms with E-state index in [1.54, 1.807) is 24.3 Å². The van der Waals surface area contributed by atoms with Crippen LogP contribution in [-0.4, -0.2) is 22.1 Å². The van der Waals surface area contributed by atoms with Crippen LogP contribution in [0.4, 0.5) is 5.69 Å². The number of hydrogen-bond donors (Lipinski definition) is 3. The highest BCUT2D eigenvalue weighted by Crippen LogP contribution is 2.37. The van der Waals surface area contributed by atoms with Gasteiger partial charge in [0.25, 0.3) is 0 Å². The maximum absolute atomic E-state index is 11.0. The SMILES string of the molecule is O=C(O)c1ccc(C2CCC(C/C(=N\O)Nc3cccc(Cl)c3)CC2)cc1. The first-order valence-electron chi connectivity index (χ1n) is 9.12. The third kappa shape index (κ3) is 5.23. The molecule has 5 nitrogen and oxygen atoms in total. The van der Waals surface area contributed by atoms with Gasteiger partial charge >= 0.3 is 5.97 Å². The number of rotatable bonds is 5. The van der Waals surface area contributed by atoms with Crippen LogP contribution in [-0.2, 0) is 0 Å². The van der Waals surface area contributed by atoms with Gasteiger partial charge in [0.1, 0.15) is 5.84 Å². The molecule has 1 saturated carbocycles. The third-order valence-corrected chi connectivity index (χ3v) is 5.43. The van der Waals surface area contributed by atoms with E-state index < -0.39 is 5.97 Å². The lowest BCUT2D eigenvalue weighted by Gasteiger charge is -2.29. The summed E-state index contributed by atoms with van der Waals surface area (Å²) in [5.74, 6) is 0.566. The molecular weight excluding hydrogens is 364 g/mol. The average Bonchev–Trinajstić information content (AvgIpc) is 2.68. The Morgan fingerprint density at radius 3 is 2.41 bits per heavy atom. The maximum atomic E-state index is 11.0. The van der Waals surface area contributed by atoms with Gasteiger partial charge in [-0.25, -0.2) is 4.79 Å². The number of hydrogen-bond acceptors (Lipinski definition) is 3. The molecule has 1 aliphatic carbocycles. The summed E-state index contributed by atoms with van der Waals surface area (Å²) < 4.78 is 0. The van der Waals surface area contributed by atoms with Crippen LogP contribution >= 0.6 is 11.6 Å². The molecule has 3 rings (SSSR count). The first-order chi connectivity index (χ1) is 13.0. The highest BCUT2D eigenvalue weighted by molar-refractivity contribution is 6.30. The van der Waals surface area contributed by atoms with Crippen molar-refractivity contribution in [1.29, 1.82) is 0 Å². The predicted molar refractivity (Wildman–Crippen MR) is 107 cm³/mol. The fraction of sp³-hybridized carbons (Fsp3) is 0.333. The molecule has 2 aromatic rings. The van der Waals surface area contributed by atoms with Gasteiger partial charge in [-0.3, -0.25) is 0 Å². The summed E-state index contributed by atoms with van der Waals surface area (Å²) in [7, 11) is 0. The van der Waals surface area contributed by atoms with Gasteiger partial charge in [-0.1, -0.05) is 35.0 Å². The lowest BCUT2D eigenvalue weighted by molar-refractivity contribution is 0.0697. The van der Waals surface area contributed by atoms with E-state index in [0.29, 0.717) is 34.7 Å². The van der Waals surface area contributed by atoms with Gasteiger partial charge < -0.3 is 15.6 Å². The number of benzene rings is 2. The van der Waals surface area contributed by atoms with Crippen LogP contribution in [0.3, 0.4) is 0 Å². The second-order valence-corrected chi connectivity index (χ2v) is 7.47. The molecule has 0 bridgehead atoms. The number of halogens is 1. The molecule has 0 aliphatic heterocycles. The summed E-state index contributed by atoms with van der Waals surface area (Å²) in [4.78, 5) is 11.0. The summed E-state index contributed by atoms with van der Waals surface area (Å²) in [5, 5.41) is 25.5. The van der Waals surface area contributed by atoms with Crippen molar-refractivity contribution in [2.75, 3.05) is 5.32 Å². The standard InChI is InChI=1S/C21H23ClN2O3/c22-18-2-1-3-19(13-18)23-20(24-27)12-14-4-6-15(7-5-14)16-8-10-17(11-9-16)21(25)26/h1-3,8-11,13-15,27H,4-7,12H2,(H,23,24)(H,25,26). The summed E-state index contributed by atoms with van der Waals surface area (Å²) >= 11 is 5.99. The topological polar surface area (TPSA) is 81.9 Å². The Morgan fingerprint density at radius 1 is 1.11 bits per heavy atom. The molecule has 0 aromatic heterocycles. The van der Waals surface area contributed by atoms with E-state index in [1.807, 2.05) is 24.3 Å². The van der Waals surface area contributed by atoms with Crippen molar-refractivity contribution < 1.29 is 15.1 Å². The van der Waals surface area contributed by atoms with Gasteiger partial charge in [0.15, 0.2) is 0 Å². The Morgan fingerprint density at radius 2 is 1.81 bits per heavy atom. The van der Waals surface area contributed by atoms with E-state index in [9.17, 15) is 10.0 Å². The molecule has 27 heavy (non-hydrogen) atoms. The Kier molecular flexibility index (Phi) is 6.35. The number of nitrogens with one attached hydrogen (secondary N) is 1. The van der Waals surface area contributed by atoms with Crippen LogP contribution in [0.2, 0.25) is 5.02 Å². The zero-order chi connectivity index (χ0) is 19.2. The molecule has 0 heterocycles. The van der Waals surface area contributed by atoms with Crippen LogP contribution in [0, 0.1) is 5.92 Å². The van der Waals surface area contributed by atoms with Crippen LogP contribution in [0.1, 0.15) is 53.9 Å². The lowest BCUT2D eigenvalue weighted by atomic mass is 9.77. The summed E-state index contributed by atoms with van der Waals surface area (Å²) in [6.45, 7) is 0. The van der Waals surface area contributed by atoms with Crippen LogP contribution in [0.25, 0.3) is 0 Å². The van der Waals surface area contributed by atoms with E-state index in [0.717, 1.165) is 31.4 Å². The average molecular weight is 387 g/mol. The van der Waals surface area contributed by atoms with Crippen molar-refractivity contribution in [2.24, 2.45) is 11.1 Å². The minimum absolute atomic E-state index is 0.323. The predicted octanol–water partition coefficient (Wildman–Crippen LogP) is 5.60. The molecule has 2 aromatic carbocycles. The van der Waals surface area contributed by atoms with Gasteiger partial charge in [0.05, 0.1) is 5.56 Å². The largest absolute Gasteiger partial charge is 0.478 e. The quantitative estimate of drug-likeness (QED) is 0.270. The van der Waals surface area contributed by atoms with Crippen LogP contribution in [0.5, 0.6) is 0 Å². The zero-order valence-electron chi connectivity index (χ0n) is 14.9. The summed E-state index contributed by atoms with van der Waals surface area (Å²) in [6.07, 6.45) is 4.87. The minimum Gasteiger partial charge on any atom is -0.478 e. The van der Waals surface area contributed by atoms with Gasteiger partial charge in [-0.05, 0) is 73.4 Å². The molecule has 0 amide bonds. The molecule has 0 saturated heterocycles. The smallest absolute Gasteiger partial charge is 0.335 e. The first kappa shape index (κ1) is 19.2. The third-order valence-electron chi connectivity index (χ3n) is 5.19. The Labute approximate surface area is 163 Å². The molecular formula is C21H23ClN2O3.